The summed E-state index contributed by atoms with van der Waals surface area (Å²) in [5, 5.41) is 13.0. The highest BCUT2D eigenvalue weighted by molar-refractivity contribution is 5.83. The van der Waals surface area contributed by atoms with Crippen LogP contribution in [0.15, 0.2) is 30.7 Å². The molecule has 2 N–H and O–H groups in total. The van der Waals surface area contributed by atoms with E-state index < -0.39 is 0 Å². The van der Waals surface area contributed by atoms with Crippen LogP contribution >= 0.6 is 0 Å². The van der Waals surface area contributed by atoms with Crippen molar-refractivity contribution in [1.82, 2.24) is 30.6 Å². The first-order valence-corrected chi connectivity index (χ1v) is 5.98. The standard InChI is InChI=1S/C12H14N6O2/c1-9(19)14-7-12(20)15-6-10-8-18(17-16-10)11-2-4-13-5-3-11/h2-5,8H,6-7H2,1H3,(H,14,19)(H,15,20). The van der Waals surface area contributed by atoms with Gasteiger partial charge >= 0.3 is 0 Å². The zero-order valence-corrected chi connectivity index (χ0v) is 10.9. The Hall–Kier alpha value is -2.77. The summed E-state index contributed by atoms with van der Waals surface area (Å²) in [6, 6.07) is 3.60. The summed E-state index contributed by atoms with van der Waals surface area (Å²) in [5.41, 5.74) is 1.46. The summed E-state index contributed by atoms with van der Waals surface area (Å²) >= 11 is 0. The lowest BCUT2D eigenvalue weighted by Crippen LogP contribution is -2.35. The molecule has 0 aliphatic rings. The molecule has 2 rings (SSSR count). The Balaban J connectivity index is 1.87. The SMILES string of the molecule is CC(=O)NCC(=O)NCc1cn(-c2ccncc2)nn1. The molecule has 2 heterocycles. The van der Waals surface area contributed by atoms with E-state index in [0.717, 1.165) is 5.69 Å². The fourth-order valence-electron chi connectivity index (χ4n) is 1.46. The van der Waals surface area contributed by atoms with Crippen molar-refractivity contribution in [2.45, 2.75) is 13.5 Å². The zero-order valence-electron chi connectivity index (χ0n) is 10.9. The number of rotatable bonds is 5. The van der Waals surface area contributed by atoms with Gasteiger partial charge in [-0.2, -0.15) is 0 Å². The fourth-order valence-corrected chi connectivity index (χ4v) is 1.46. The highest BCUT2D eigenvalue weighted by atomic mass is 16.2. The smallest absolute Gasteiger partial charge is 0.239 e. The van der Waals surface area contributed by atoms with Gasteiger partial charge in [0.25, 0.3) is 0 Å². The van der Waals surface area contributed by atoms with E-state index in [-0.39, 0.29) is 24.9 Å². The summed E-state index contributed by atoms with van der Waals surface area (Å²) in [6.45, 7) is 1.56. The molecule has 0 aromatic carbocycles. The third-order valence-electron chi connectivity index (χ3n) is 2.43. The van der Waals surface area contributed by atoms with E-state index in [1.54, 1.807) is 35.4 Å². The molecule has 8 nitrogen and oxygen atoms in total. The largest absolute Gasteiger partial charge is 0.349 e. The van der Waals surface area contributed by atoms with Crippen molar-refractivity contribution >= 4 is 11.8 Å². The average molecular weight is 274 g/mol. The van der Waals surface area contributed by atoms with Gasteiger partial charge in [0, 0.05) is 19.3 Å². The fraction of sp³-hybridized carbons (Fsp3) is 0.250. The molecule has 0 aliphatic heterocycles. The summed E-state index contributed by atoms with van der Waals surface area (Å²) < 4.78 is 1.59. The lowest BCUT2D eigenvalue weighted by molar-refractivity contribution is -0.125. The molecule has 0 radical (unpaired) electrons. The molecule has 0 fully saturated rings. The van der Waals surface area contributed by atoms with E-state index in [0.29, 0.717) is 5.69 Å². The minimum atomic E-state index is -0.279. The highest BCUT2D eigenvalue weighted by Gasteiger charge is 2.05. The molecule has 2 aromatic rings. The van der Waals surface area contributed by atoms with Crippen molar-refractivity contribution in [2.75, 3.05) is 6.54 Å². The second-order valence-electron chi connectivity index (χ2n) is 4.05. The van der Waals surface area contributed by atoms with Gasteiger partial charge in [-0.1, -0.05) is 5.21 Å². The Morgan fingerprint density at radius 3 is 2.70 bits per heavy atom. The summed E-state index contributed by atoms with van der Waals surface area (Å²) in [4.78, 5) is 26.0. The van der Waals surface area contributed by atoms with Gasteiger partial charge in [0.15, 0.2) is 0 Å². The van der Waals surface area contributed by atoms with Gasteiger partial charge in [0.1, 0.15) is 5.69 Å². The number of carbonyl (C=O) groups excluding carboxylic acids is 2. The minimum Gasteiger partial charge on any atom is -0.349 e. The number of carbonyl (C=O) groups is 2. The zero-order chi connectivity index (χ0) is 14.4. The molecule has 2 amide bonds. The first-order chi connectivity index (χ1) is 9.65. The molecule has 8 heteroatoms. The van der Waals surface area contributed by atoms with E-state index in [1.165, 1.54) is 6.92 Å². The molecule has 0 spiro atoms. The van der Waals surface area contributed by atoms with Crippen LogP contribution in [0, 0.1) is 0 Å². The third kappa shape index (κ3) is 3.87. The van der Waals surface area contributed by atoms with Crippen LogP contribution < -0.4 is 10.6 Å². The molecule has 0 saturated carbocycles. The van der Waals surface area contributed by atoms with Crippen molar-refractivity contribution in [3.63, 3.8) is 0 Å². The molecule has 0 bridgehead atoms. The Morgan fingerprint density at radius 1 is 1.25 bits per heavy atom. The number of hydrogen-bond acceptors (Lipinski definition) is 5. The van der Waals surface area contributed by atoms with Crippen LogP contribution in [-0.2, 0) is 16.1 Å². The highest BCUT2D eigenvalue weighted by Crippen LogP contribution is 2.04. The van der Waals surface area contributed by atoms with E-state index in [9.17, 15) is 9.59 Å². The van der Waals surface area contributed by atoms with Gasteiger partial charge < -0.3 is 10.6 Å². The predicted molar refractivity (Wildman–Crippen MR) is 69.7 cm³/mol. The summed E-state index contributed by atoms with van der Waals surface area (Å²) in [5.74, 6) is -0.526. The van der Waals surface area contributed by atoms with Crippen LogP contribution in [-0.4, -0.2) is 38.3 Å². The molecule has 0 aliphatic carbocycles. The average Bonchev–Trinajstić information content (AvgIpc) is 2.93. The van der Waals surface area contributed by atoms with E-state index >= 15 is 0 Å². The van der Waals surface area contributed by atoms with Gasteiger partial charge in [-0.05, 0) is 12.1 Å². The van der Waals surface area contributed by atoms with Crippen molar-refractivity contribution in [2.24, 2.45) is 0 Å². The molecule has 104 valence electrons. The second-order valence-corrected chi connectivity index (χ2v) is 4.05. The Kier molecular flexibility index (Phi) is 4.38. The number of hydrogen-bond donors (Lipinski definition) is 2. The number of nitrogens with one attached hydrogen (secondary N) is 2. The monoisotopic (exact) mass is 274 g/mol. The number of aromatic nitrogens is 4. The lowest BCUT2D eigenvalue weighted by atomic mass is 10.4. The van der Waals surface area contributed by atoms with Crippen molar-refractivity contribution < 1.29 is 9.59 Å². The number of pyridine rings is 1. The van der Waals surface area contributed by atoms with Crippen LogP contribution in [0.5, 0.6) is 0 Å². The van der Waals surface area contributed by atoms with E-state index in [2.05, 4.69) is 25.9 Å². The van der Waals surface area contributed by atoms with Crippen LogP contribution in [0.2, 0.25) is 0 Å². The van der Waals surface area contributed by atoms with Crippen LogP contribution in [0.1, 0.15) is 12.6 Å². The van der Waals surface area contributed by atoms with Crippen LogP contribution in [0.4, 0.5) is 0 Å². The van der Waals surface area contributed by atoms with Crippen molar-refractivity contribution in [3.05, 3.63) is 36.4 Å². The van der Waals surface area contributed by atoms with Gasteiger partial charge in [0.05, 0.1) is 25.0 Å². The summed E-state index contributed by atoms with van der Waals surface area (Å²) in [7, 11) is 0. The molecule has 0 atom stereocenters. The van der Waals surface area contributed by atoms with Crippen LogP contribution in [0.25, 0.3) is 5.69 Å². The lowest BCUT2D eigenvalue weighted by Gasteiger charge is -2.03. The number of nitrogens with zero attached hydrogens (tertiary/aromatic N) is 4. The second kappa shape index (κ2) is 6.41. The molecule has 2 aromatic heterocycles. The first kappa shape index (κ1) is 13.7. The Labute approximate surface area is 115 Å². The Morgan fingerprint density at radius 2 is 2.00 bits per heavy atom. The molecular weight excluding hydrogens is 260 g/mol. The first-order valence-electron chi connectivity index (χ1n) is 5.98. The minimum absolute atomic E-state index is 0.0478. The van der Waals surface area contributed by atoms with E-state index in [4.69, 9.17) is 0 Å². The molecule has 0 saturated heterocycles. The topological polar surface area (TPSA) is 102 Å². The molecule has 20 heavy (non-hydrogen) atoms. The van der Waals surface area contributed by atoms with E-state index in [1.807, 2.05) is 0 Å². The van der Waals surface area contributed by atoms with Gasteiger partial charge in [0.2, 0.25) is 11.8 Å². The van der Waals surface area contributed by atoms with Gasteiger partial charge in [-0.3, -0.25) is 14.6 Å². The van der Waals surface area contributed by atoms with Crippen molar-refractivity contribution in [3.8, 4) is 5.69 Å². The maximum atomic E-state index is 11.4. The Bertz CT molecular complexity index is 595. The van der Waals surface area contributed by atoms with Crippen molar-refractivity contribution in [1.29, 1.82) is 0 Å². The quantitative estimate of drug-likeness (QED) is 0.759. The van der Waals surface area contributed by atoms with Crippen LogP contribution in [0.3, 0.4) is 0 Å². The normalized spacial score (nSPS) is 10.1. The number of amides is 2. The molecule has 0 unspecified atom stereocenters. The maximum absolute atomic E-state index is 11.4. The summed E-state index contributed by atoms with van der Waals surface area (Å²) in [6.07, 6.45) is 5.03. The maximum Gasteiger partial charge on any atom is 0.239 e. The van der Waals surface area contributed by atoms with Gasteiger partial charge in [-0.25, -0.2) is 4.68 Å². The van der Waals surface area contributed by atoms with Gasteiger partial charge in [-0.15, -0.1) is 5.10 Å². The third-order valence-corrected chi connectivity index (χ3v) is 2.43. The molecular formula is C12H14N6O2. The predicted octanol–water partition coefficient (Wildman–Crippen LogP) is -0.585.